The third-order valence-corrected chi connectivity index (χ3v) is 4.02. The molecule has 2 rings (SSSR count). The van der Waals surface area contributed by atoms with E-state index in [1.54, 1.807) is 11.3 Å². The fourth-order valence-electron chi connectivity index (χ4n) is 2.18. The molecule has 1 aromatic heterocycles. The molecule has 1 saturated heterocycles. The van der Waals surface area contributed by atoms with E-state index in [-0.39, 0.29) is 5.54 Å². The van der Waals surface area contributed by atoms with E-state index >= 15 is 0 Å². The summed E-state index contributed by atoms with van der Waals surface area (Å²) >= 11 is 1.74. The van der Waals surface area contributed by atoms with Crippen LogP contribution in [0.4, 0.5) is 5.13 Å². The molecule has 0 aromatic carbocycles. The third kappa shape index (κ3) is 4.67. The van der Waals surface area contributed by atoms with Gasteiger partial charge in [0.25, 0.3) is 0 Å². The Labute approximate surface area is 125 Å². The second kappa shape index (κ2) is 6.43. The quantitative estimate of drug-likeness (QED) is 0.658. The normalized spacial score (nSPS) is 16.8. The Balaban J connectivity index is 1.81. The Hall–Kier alpha value is -1.30. The Kier molecular flexibility index (Phi) is 4.86. The summed E-state index contributed by atoms with van der Waals surface area (Å²) in [5.41, 5.74) is 6.91. The first kappa shape index (κ1) is 15.1. The molecule has 1 aromatic rings. The second-order valence-corrected chi connectivity index (χ2v) is 7.04. The predicted molar refractivity (Wildman–Crippen MR) is 86.6 cm³/mol. The lowest BCUT2D eigenvalue weighted by molar-refractivity contribution is 0.508. The van der Waals surface area contributed by atoms with Crippen LogP contribution in [0.3, 0.4) is 0 Å². The monoisotopic (exact) mass is 295 g/mol. The molecule has 0 bridgehead atoms. The minimum Gasteiger partial charge on any atom is -0.370 e. The van der Waals surface area contributed by atoms with Crippen molar-refractivity contribution < 1.29 is 0 Å². The number of hydrogen-bond donors (Lipinski definition) is 2. The van der Waals surface area contributed by atoms with E-state index in [1.165, 1.54) is 12.8 Å². The number of rotatable bonds is 4. The van der Waals surface area contributed by atoms with Crippen LogP contribution in [0.25, 0.3) is 0 Å². The zero-order valence-electron chi connectivity index (χ0n) is 12.6. The minimum absolute atomic E-state index is 0.0445. The largest absolute Gasteiger partial charge is 0.370 e. The van der Waals surface area contributed by atoms with Crippen LogP contribution in [-0.4, -0.2) is 36.1 Å². The molecule has 1 aliphatic heterocycles. The van der Waals surface area contributed by atoms with Crippen molar-refractivity contribution >= 4 is 22.4 Å². The van der Waals surface area contributed by atoms with E-state index in [0.29, 0.717) is 12.5 Å². The van der Waals surface area contributed by atoms with Crippen LogP contribution in [0.2, 0.25) is 0 Å². The second-order valence-electron chi connectivity index (χ2n) is 6.21. The summed E-state index contributed by atoms with van der Waals surface area (Å²) in [7, 11) is 0. The van der Waals surface area contributed by atoms with Gasteiger partial charge in [-0.3, -0.25) is 4.99 Å². The van der Waals surface area contributed by atoms with Crippen LogP contribution in [0.5, 0.6) is 0 Å². The van der Waals surface area contributed by atoms with Crippen LogP contribution >= 0.6 is 11.3 Å². The van der Waals surface area contributed by atoms with Crippen LogP contribution in [0.15, 0.2) is 10.4 Å². The van der Waals surface area contributed by atoms with Gasteiger partial charge in [0.05, 0.1) is 5.69 Å². The zero-order chi connectivity index (χ0) is 14.6. The van der Waals surface area contributed by atoms with Gasteiger partial charge in [-0.05, 0) is 33.6 Å². The Morgan fingerprint density at radius 2 is 2.15 bits per heavy atom. The van der Waals surface area contributed by atoms with Gasteiger partial charge in [0.2, 0.25) is 0 Å². The van der Waals surface area contributed by atoms with Crippen molar-refractivity contribution in [1.29, 1.82) is 0 Å². The lowest BCUT2D eigenvalue weighted by Gasteiger charge is -2.20. The highest BCUT2D eigenvalue weighted by Crippen LogP contribution is 2.24. The Morgan fingerprint density at radius 1 is 1.45 bits per heavy atom. The van der Waals surface area contributed by atoms with Gasteiger partial charge in [-0.15, -0.1) is 11.3 Å². The summed E-state index contributed by atoms with van der Waals surface area (Å²) in [6, 6.07) is 0. The minimum atomic E-state index is -0.0445. The Morgan fingerprint density at radius 3 is 2.80 bits per heavy atom. The lowest BCUT2D eigenvalue weighted by Crippen LogP contribution is -2.45. The van der Waals surface area contributed by atoms with Gasteiger partial charge < -0.3 is 16.0 Å². The molecule has 5 nitrogen and oxygen atoms in total. The SMILES string of the molecule is CC(C)(C)NC(N)=NCCc1csc(N2CCCC2)n1. The van der Waals surface area contributed by atoms with Gasteiger partial charge in [-0.1, -0.05) is 0 Å². The first-order valence-electron chi connectivity index (χ1n) is 7.21. The van der Waals surface area contributed by atoms with Crippen molar-refractivity contribution in [2.24, 2.45) is 10.7 Å². The number of nitrogens with zero attached hydrogens (tertiary/aromatic N) is 3. The molecule has 0 saturated carbocycles. The molecule has 0 unspecified atom stereocenters. The summed E-state index contributed by atoms with van der Waals surface area (Å²) in [6.07, 6.45) is 3.42. The number of aliphatic imine (C=N–C) groups is 1. The summed E-state index contributed by atoms with van der Waals surface area (Å²) < 4.78 is 0. The fraction of sp³-hybridized carbons (Fsp3) is 0.714. The number of thiazole rings is 1. The highest BCUT2D eigenvalue weighted by Gasteiger charge is 2.15. The molecule has 0 atom stereocenters. The average Bonchev–Trinajstić information content (AvgIpc) is 2.96. The van der Waals surface area contributed by atoms with Crippen molar-refractivity contribution in [3.63, 3.8) is 0 Å². The molecular formula is C14H25N5S. The molecule has 1 fully saturated rings. The highest BCUT2D eigenvalue weighted by atomic mass is 32.1. The van der Waals surface area contributed by atoms with E-state index in [0.717, 1.165) is 30.3 Å². The van der Waals surface area contributed by atoms with Crippen LogP contribution in [0, 0.1) is 0 Å². The highest BCUT2D eigenvalue weighted by molar-refractivity contribution is 7.13. The van der Waals surface area contributed by atoms with Crippen molar-refractivity contribution in [1.82, 2.24) is 10.3 Å². The molecule has 0 aliphatic carbocycles. The number of nitrogens with one attached hydrogen (secondary N) is 1. The number of hydrogen-bond acceptors (Lipinski definition) is 4. The van der Waals surface area contributed by atoms with E-state index in [2.05, 4.69) is 46.3 Å². The van der Waals surface area contributed by atoms with Gasteiger partial charge in [-0.2, -0.15) is 0 Å². The average molecular weight is 295 g/mol. The van der Waals surface area contributed by atoms with Gasteiger partial charge in [0.15, 0.2) is 11.1 Å². The van der Waals surface area contributed by atoms with Gasteiger partial charge in [0, 0.05) is 37.0 Å². The standard InChI is InChI=1S/C14H25N5S/c1-14(2,3)18-12(15)16-7-6-11-10-20-13(17-11)19-8-4-5-9-19/h10H,4-9H2,1-3H3,(H3,15,16,18). The molecular weight excluding hydrogens is 270 g/mol. The molecule has 0 radical (unpaired) electrons. The van der Waals surface area contributed by atoms with Crippen molar-refractivity contribution in [2.45, 2.75) is 45.6 Å². The maximum atomic E-state index is 5.84. The number of aromatic nitrogens is 1. The topological polar surface area (TPSA) is 66.5 Å². The summed E-state index contributed by atoms with van der Waals surface area (Å²) in [5, 5.41) is 6.45. The van der Waals surface area contributed by atoms with E-state index in [1.807, 2.05) is 0 Å². The number of nitrogens with two attached hydrogens (primary N) is 1. The first-order valence-corrected chi connectivity index (χ1v) is 8.09. The third-order valence-electron chi connectivity index (χ3n) is 3.07. The lowest BCUT2D eigenvalue weighted by atomic mass is 10.1. The predicted octanol–water partition coefficient (Wildman–Crippen LogP) is 1.99. The smallest absolute Gasteiger partial charge is 0.188 e. The van der Waals surface area contributed by atoms with Crippen molar-refractivity contribution in [3.8, 4) is 0 Å². The van der Waals surface area contributed by atoms with Crippen LogP contribution in [-0.2, 0) is 6.42 Å². The molecule has 20 heavy (non-hydrogen) atoms. The number of anilines is 1. The molecule has 2 heterocycles. The van der Waals surface area contributed by atoms with E-state index in [4.69, 9.17) is 5.73 Å². The fourth-order valence-corrected chi connectivity index (χ4v) is 3.09. The maximum absolute atomic E-state index is 5.84. The Bertz CT molecular complexity index is 454. The van der Waals surface area contributed by atoms with Crippen molar-refractivity contribution in [2.75, 3.05) is 24.5 Å². The van der Waals surface area contributed by atoms with Crippen LogP contribution in [0.1, 0.15) is 39.3 Å². The van der Waals surface area contributed by atoms with Crippen molar-refractivity contribution in [3.05, 3.63) is 11.1 Å². The summed E-state index contributed by atoms with van der Waals surface area (Å²) in [6.45, 7) is 9.17. The van der Waals surface area contributed by atoms with E-state index < -0.39 is 0 Å². The van der Waals surface area contributed by atoms with E-state index in [9.17, 15) is 0 Å². The molecule has 1 aliphatic rings. The number of guanidine groups is 1. The van der Waals surface area contributed by atoms with Gasteiger partial charge in [0.1, 0.15) is 0 Å². The zero-order valence-corrected chi connectivity index (χ0v) is 13.5. The molecule has 0 spiro atoms. The maximum Gasteiger partial charge on any atom is 0.188 e. The summed E-state index contributed by atoms with van der Waals surface area (Å²) in [4.78, 5) is 11.4. The van der Waals surface area contributed by atoms with Gasteiger partial charge in [-0.25, -0.2) is 4.98 Å². The molecule has 6 heteroatoms. The first-order chi connectivity index (χ1) is 9.44. The van der Waals surface area contributed by atoms with Crippen LogP contribution < -0.4 is 16.0 Å². The molecule has 3 N–H and O–H groups in total. The molecule has 112 valence electrons. The van der Waals surface area contributed by atoms with Gasteiger partial charge >= 0.3 is 0 Å². The molecule has 0 amide bonds. The summed E-state index contributed by atoms with van der Waals surface area (Å²) in [5.74, 6) is 0.507.